The van der Waals surface area contributed by atoms with E-state index in [1.165, 1.54) is 5.57 Å². The van der Waals surface area contributed by atoms with Gasteiger partial charge in [-0.15, -0.1) is 0 Å². The lowest BCUT2D eigenvalue weighted by molar-refractivity contribution is -0.120. The number of methoxy groups -OCH3 is 1. The molecule has 3 aliphatic rings. The van der Waals surface area contributed by atoms with Crippen molar-refractivity contribution in [2.75, 3.05) is 17.3 Å². The number of ether oxygens (including phenoxy) is 1. The van der Waals surface area contributed by atoms with E-state index in [0.717, 1.165) is 33.1 Å². The Bertz CT molecular complexity index is 984. The predicted molar refractivity (Wildman–Crippen MR) is 106 cm³/mol. The second-order valence-electron chi connectivity index (χ2n) is 7.60. The van der Waals surface area contributed by atoms with Gasteiger partial charge >= 0.3 is 0 Å². The molecule has 5 heteroatoms. The molecule has 1 atom stereocenters. The molecule has 0 bridgehead atoms. The normalized spacial score (nSPS) is 24.2. The van der Waals surface area contributed by atoms with Crippen molar-refractivity contribution in [3.63, 3.8) is 0 Å². The average Bonchev–Trinajstić information content (AvgIpc) is 3.10. The van der Waals surface area contributed by atoms with E-state index in [0.29, 0.717) is 0 Å². The van der Waals surface area contributed by atoms with Crippen LogP contribution in [0.1, 0.15) is 31.9 Å². The Morgan fingerprint density at radius 3 is 2.69 bits per heavy atom. The second-order valence-corrected chi connectivity index (χ2v) is 8.85. The summed E-state index contributed by atoms with van der Waals surface area (Å²) in [5.41, 5.74) is 4.86. The summed E-state index contributed by atoms with van der Waals surface area (Å²) in [6, 6.07) is 12.1. The van der Waals surface area contributed by atoms with Gasteiger partial charge in [0.15, 0.2) is 4.87 Å². The third kappa shape index (κ3) is 1.79. The number of rotatable bonds is 1. The van der Waals surface area contributed by atoms with Gasteiger partial charge in [-0.25, -0.2) is 0 Å². The maximum absolute atomic E-state index is 13.8. The summed E-state index contributed by atoms with van der Waals surface area (Å²) in [7, 11) is 1.67. The fourth-order valence-corrected chi connectivity index (χ4v) is 5.70. The number of para-hydroxylation sites is 1. The van der Waals surface area contributed by atoms with Crippen LogP contribution in [0.3, 0.4) is 0 Å². The number of thioether (sulfide) groups is 1. The molecule has 4 nitrogen and oxygen atoms in total. The molecule has 1 N–H and O–H groups in total. The summed E-state index contributed by atoms with van der Waals surface area (Å²) in [6.07, 6.45) is 2.17. The summed E-state index contributed by atoms with van der Waals surface area (Å²) in [6.45, 7) is 6.29. The zero-order valence-corrected chi connectivity index (χ0v) is 16.0. The van der Waals surface area contributed by atoms with E-state index < -0.39 is 4.87 Å². The first-order valence-electron chi connectivity index (χ1n) is 8.70. The molecule has 0 radical (unpaired) electrons. The van der Waals surface area contributed by atoms with Crippen LogP contribution < -0.4 is 15.0 Å². The number of fused-ring (bicyclic) bond motifs is 2. The number of allylic oxidation sites excluding steroid dienone is 1. The first-order chi connectivity index (χ1) is 12.4. The molecule has 0 aliphatic carbocycles. The van der Waals surface area contributed by atoms with Crippen LogP contribution in [0.15, 0.2) is 47.4 Å². The topological polar surface area (TPSA) is 41.6 Å². The number of benzene rings is 2. The number of carbonyl (C=O) groups excluding carboxylic acids is 1. The molecule has 1 spiro atoms. The van der Waals surface area contributed by atoms with Crippen molar-refractivity contribution in [1.82, 2.24) is 0 Å². The van der Waals surface area contributed by atoms with Crippen molar-refractivity contribution in [2.24, 2.45) is 0 Å². The smallest absolute Gasteiger partial charge is 0.269 e. The Kier molecular flexibility index (Phi) is 2.96. The van der Waals surface area contributed by atoms with E-state index in [1.807, 2.05) is 35.2 Å². The lowest BCUT2D eigenvalue weighted by atomic mass is 9.89. The van der Waals surface area contributed by atoms with Gasteiger partial charge in [0.2, 0.25) is 0 Å². The molecule has 3 heterocycles. The minimum Gasteiger partial charge on any atom is -0.497 e. The van der Waals surface area contributed by atoms with Crippen LogP contribution in [-0.2, 0) is 9.67 Å². The van der Waals surface area contributed by atoms with Crippen molar-refractivity contribution in [1.29, 1.82) is 0 Å². The Morgan fingerprint density at radius 1 is 1.19 bits per heavy atom. The van der Waals surface area contributed by atoms with Crippen LogP contribution in [0.5, 0.6) is 5.75 Å². The zero-order valence-electron chi connectivity index (χ0n) is 15.2. The first-order valence-corrected chi connectivity index (χ1v) is 9.52. The van der Waals surface area contributed by atoms with Crippen LogP contribution in [0.25, 0.3) is 5.57 Å². The van der Waals surface area contributed by atoms with Gasteiger partial charge in [-0.3, -0.25) is 9.69 Å². The van der Waals surface area contributed by atoms with E-state index in [2.05, 4.69) is 38.2 Å². The summed E-state index contributed by atoms with van der Waals surface area (Å²) >= 11 is 1.59. The van der Waals surface area contributed by atoms with Crippen molar-refractivity contribution < 1.29 is 9.53 Å². The minimum absolute atomic E-state index is 0.0805. The molecule has 3 aliphatic heterocycles. The first kappa shape index (κ1) is 15.8. The standard InChI is InChI=1S/C21H20N2O2S/c1-12-11-20(2,3)23-18-14(12)9-13(25-4)10-15(18)21(19(23)24)22-16-7-5-6-8-17(16)26-21/h5-11,22H,1-4H3/t21-/m0/s1. The van der Waals surface area contributed by atoms with Crippen LogP contribution >= 0.6 is 11.8 Å². The van der Waals surface area contributed by atoms with Crippen LogP contribution in [-0.4, -0.2) is 18.6 Å². The molecule has 0 unspecified atom stereocenters. The van der Waals surface area contributed by atoms with Gasteiger partial charge in [-0.05, 0) is 50.6 Å². The van der Waals surface area contributed by atoms with Crippen molar-refractivity contribution in [3.05, 3.63) is 53.6 Å². The highest BCUT2D eigenvalue weighted by Gasteiger charge is 2.59. The number of amides is 1. The van der Waals surface area contributed by atoms with E-state index >= 15 is 0 Å². The van der Waals surface area contributed by atoms with Gasteiger partial charge in [0.05, 0.1) is 18.3 Å². The number of nitrogens with zero attached hydrogens (tertiary/aromatic N) is 1. The molecule has 0 aromatic heterocycles. The van der Waals surface area contributed by atoms with Crippen molar-refractivity contribution >= 4 is 34.6 Å². The molecule has 26 heavy (non-hydrogen) atoms. The lowest BCUT2D eigenvalue weighted by Gasteiger charge is -2.39. The summed E-state index contributed by atoms with van der Waals surface area (Å²) in [4.78, 5) is 16.0. The van der Waals surface area contributed by atoms with Gasteiger partial charge in [0, 0.05) is 21.7 Å². The number of carbonyl (C=O) groups is 1. The highest BCUT2D eigenvalue weighted by Crippen LogP contribution is 2.61. The van der Waals surface area contributed by atoms with Gasteiger partial charge in [0.25, 0.3) is 5.91 Å². The molecule has 1 amide bonds. The fraction of sp³-hybridized carbons (Fsp3) is 0.286. The molecule has 2 aromatic rings. The maximum atomic E-state index is 13.8. The molecule has 5 rings (SSSR count). The second kappa shape index (κ2) is 4.86. The zero-order chi connectivity index (χ0) is 18.3. The highest BCUT2D eigenvalue weighted by atomic mass is 32.2. The van der Waals surface area contributed by atoms with Crippen molar-refractivity contribution in [3.8, 4) is 5.75 Å². The summed E-state index contributed by atoms with van der Waals surface area (Å²) in [5.74, 6) is 0.857. The van der Waals surface area contributed by atoms with E-state index in [1.54, 1.807) is 18.9 Å². The SMILES string of the molecule is COc1cc2c3c(c1)[C@@]1(Nc4ccccc4S1)C(=O)N3C(C)(C)C=C2C. The predicted octanol–water partition coefficient (Wildman–Crippen LogP) is 4.61. The average molecular weight is 364 g/mol. The molecule has 2 aromatic carbocycles. The number of anilines is 2. The Balaban J connectivity index is 1.81. The van der Waals surface area contributed by atoms with Crippen molar-refractivity contribution in [2.45, 2.75) is 36.1 Å². The van der Waals surface area contributed by atoms with Gasteiger partial charge < -0.3 is 10.1 Å². The molecule has 0 saturated heterocycles. The van der Waals surface area contributed by atoms with Gasteiger partial charge in [0.1, 0.15) is 5.75 Å². The number of nitrogens with one attached hydrogen (secondary N) is 1. The van der Waals surface area contributed by atoms with Crippen LogP contribution in [0, 0.1) is 0 Å². The molecule has 132 valence electrons. The largest absolute Gasteiger partial charge is 0.497 e. The molecular weight excluding hydrogens is 344 g/mol. The quantitative estimate of drug-likeness (QED) is 0.802. The molecule has 0 fully saturated rings. The summed E-state index contributed by atoms with van der Waals surface area (Å²) < 4.78 is 5.56. The third-order valence-electron chi connectivity index (χ3n) is 5.46. The summed E-state index contributed by atoms with van der Waals surface area (Å²) in [5, 5.41) is 3.53. The maximum Gasteiger partial charge on any atom is 0.269 e. The third-order valence-corrected chi connectivity index (χ3v) is 6.84. The Labute approximate surface area is 157 Å². The number of hydrogen-bond acceptors (Lipinski definition) is 4. The minimum atomic E-state index is -0.835. The Hall–Kier alpha value is -2.40. The van der Waals surface area contributed by atoms with Gasteiger partial charge in [-0.2, -0.15) is 0 Å². The van der Waals surface area contributed by atoms with Gasteiger partial charge in [-0.1, -0.05) is 30.0 Å². The molecule has 0 saturated carbocycles. The number of hydrogen-bond donors (Lipinski definition) is 1. The van der Waals surface area contributed by atoms with Crippen LogP contribution in [0.4, 0.5) is 11.4 Å². The van der Waals surface area contributed by atoms with Crippen LogP contribution in [0.2, 0.25) is 0 Å². The van der Waals surface area contributed by atoms with E-state index in [-0.39, 0.29) is 11.4 Å². The highest BCUT2D eigenvalue weighted by molar-refractivity contribution is 8.01. The Morgan fingerprint density at radius 2 is 1.96 bits per heavy atom. The van der Waals surface area contributed by atoms with E-state index in [4.69, 9.17) is 4.74 Å². The monoisotopic (exact) mass is 364 g/mol. The molecular formula is C21H20N2O2S. The van der Waals surface area contributed by atoms with E-state index in [9.17, 15) is 4.79 Å². The lowest BCUT2D eigenvalue weighted by Crippen LogP contribution is -2.51. The fourth-order valence-electron chi connectivity index (χ4n) is 4.39.